The Morgan fingerprint density at radius 3 is 2.43 bits per heavy atom. The zero-order valence-electron chi connectivity index (χ0n) is 16.0. The van der Waals surface area contributed by atoms with Gasteiger partial charge in [-0.15, -0.1) is 0 Å². The number of carbonyl (C=O) groups excluding carboxylic acids is 1. The van der Waals surface area contributed by atoms with E-state index in [0.717, 1.165) is 15.7 Å². The Morgan fingerprint density at radius 1 is 1.00 bits per heavy atom. The minimum atomic E-state index is -4.67. The van der Waals surface area contributed by atoms with Gasteiger partial charge in [-0.25, -0.2) is 15.0 Å². The minimum Gasteiger partial charge on any atom is -0.305 e. The average molecular weight is 411 g/mol. The third-order valence-electron chi connectivity index (χ3n) is 4.45. The smallest absolute Gasteiger partial charge is 0.305 e. The van der Waals surface area contributed by atoms with Gasteiger partial charge in [-0.2, -0.15) is 13.2 Å². The number of nitrogens with one attached hydrogen (secondary N) is 1. The Labute approximate surface area is 169 Å². The maximum atomic E-state index is 13.6. The van der Waals surface area contributed by atoms with Crippen LogP contribution in [0.2, 0.25) is 0 Å². The summed E-state index contributed by atoms with van der Waals surface area (Å²) in [6.07, 6.45) is -2.29. The van der Waals surface area contributed by atoms with E-state index in [9.17, 15) is 18.0 Å². The lowest BCUT2D eigenvalue weighted by atomic mass is 10.1. The lowest BCUT2D eigenvalue weighted by Gasteiger charge is -2.11. The number of aryl methyl sites for hydroxylation is 2. The first kappa shape index (κ1) is 19.6. The highest BCUT2D eigenvalue weighted by atomic mass is 19.4. The fourth-order valence-corrected chi connectivity index (χ4v) is 3.09. The fourth-order valence-electron chi connectivity index (χ4n) is 3.09. The van der Waals surface area contributed by atoms with E-state index in [0.29, 0.717) is 5.56 Å². The van der Waals surface area contributed by atoms with Crippen molar-refractivity contribution < 1.29 is 18.0 Å². The van der Waals surface area contributed by atoms with Crippen molar-refractivity contribution in [2.45, 2.75) is 20.0 Å². The highest BCUT2D eigenvalue weighted by Gasteiger charge is 2.38. The van der Waals surface area contributed by atoms with E-state index in [1.807, 2.05) is 13.0 Å². The van der Waals surface area contributed by atoms with Gasteiger partial charge < -0.3 is 5.32 Å². The predicted octanol–water partition coefficient (Wildman–Crippen LogP) is 4.70. The number of anilines is 1. The second-order valence-corrected chi connectivity index (χ2v) is 6.84. The first-order chi connectivity index (χ1) is 14.2. The maximum absolute atomic E-state index is 13.6. The van der Waals surface area contributed by atoms with Crippen LogP contribution in [0.25, 0.3) is 16.9 Å². The number of alkyl halides is 3. The molecule has 4 rings (SSSR count). The number of benzene rings is 2. The minimum absolute atomic E-state index is 0.0535. The van der Waals surface area contributed by atoms with Crippen LogP contribution in [0.3, 0.4) is 0 Å². The summed E-state index contributed by atoms with van der Waals surface area (Å²) in [5, 5.41) is 2.59. The highest BCUT2D eigenvalue weighted by molar-refractivity contribution is 6.03. The van der Waals surface area contributed by atoms with Gasteiger partial charge in [-0.1, -0.05) is 23.8 Å². The van der Waals surface area contributed by atoms with Crippen LogP contribution in [0.4, 0.5) is 19.0 Å². The van der Waals surface area contributed by atoms with Gasteiger partial charge in [-0.05, 0) is 43.7 Å². The summed E-state index contributed by atoms with van der Waals surface area (Å²) in [7, 11) is 0. The van der Waals surface area contributed by atoms with Crippen molar-refractivity contribution in [2.24, 2.45) is 0 Å². The molecule has 0 saturated carbocycles. The van der Waals surface area contributed by atoms with E-state index in [-0.39, 0.29) is 28.6 Å². The molecule has 30 heavy (non-hydrogen) atoms. The highest BCUT2D eigenvalue weighted by Crippen LogP contribution is 2.33. The molecule has 6 nitrogen and oxygen atoms in total. The Kier molecular flexibility index (Phi) is 4.73. The Bertz CT molecular complexity index is 1250. The molecule has 0 saturated heterocycles. The number of nitrogens with zero attached hydrogens (tertiary/aromatic N) is 4. The third-order valence-corrected chi connectivity index (χ3v) is 4.45. The van der Waals surface area contributed by atoms with Crippen LogP contribution in [-0.4, -0.2) is 25.4 Å². The standard InChI is InChI=1S/C21H16F3N5O/c1-12-4-3-5-14(8-12)19(30)28-17-10-26-18(11-25-17)29-16-7-6-13(2)9-15(16)27-20(29)21(22,23)24/h3-11H,1-2H3,(H,25,28,30). The number of halogens is 3. The molecule has 0 radical (unpaired) electrons. The summed E-state index contributed by atoms with van der Waals surface area (Å²) >= 11 is 0. The molecule has 4 aromatic rings. The van der Waals surface area contributed by atoms with Crippen LogP contribution in [0.15, 0.2) is 54.9 Å². The van der Waals surface area contributed by atoms with Crippen LogP contribution in [0.5, 0.6) is 0 Å². The van der Waals surface area contributed by atoms with Crippen LogP contribution >= 0.6 is 0 Å². The Balaban J connectivity index is 1.69. The van der Waals surface area contributed by atoms with Gasteiger partial charge in [0.25, 0.3) is 5.91 Å². The number of aromatic nitrogens is 4. The molecule has 0 unspecified atom stereocenters. The molecule has 1 amide bonds. The largest absolute Gasteiger partial charge is 0.450 e. The quantitative estimate of drug-likeness (QED) is 0.530. The van der Waals surface area contributed by atoms with E-state index in [1.165, 1.54) is 12.4 Å². The monoisotopic (exact) mass is 411 g/mol. The van der Waals surface area contributed by atoms with Crippen LogP contribution < -0.4 is 5.32 Å². The number of imidazole rings is 1. The van der Waals surface area contributed by atoms with E-state index in [4.69, 9.17) is 0 Å². The summed E-state index contributed by atoms with van der Waals surface area (Å²) in [6, 6.07) is 11.8. The average Bonchev–Trinajstić information content (AvgIpc) is 3.07. The van der Waals surface area contributed by atoms with Crippen molar-refractivity contribution in [2.75, 3.05) is 5.32 Å². The van der Waals surface area contributed by atoms with Crippen molar-refractivity contribution in [3.63, 3.8) is 0 Å². The first-order valence-electron chi connectivity index (χ1n) is 8.99. The molecule has 0 spiro atoms. The lowest BCUT2D eigenvalue weighted by molar-refractivity contribution is -0.145. The molecule has 0 aliphatic rings. The molecular formula is C21H16F3N5O. The Morgan fingerprint density at radius 2 is 1.77 bits per heavy atom. The number of rotatable bonds is 3. The van der Waals surface area contributed by atoms with Gasteiger partial charge in [0.2, 0.25) is 5.82 Å². The molecular weight excluding hydrogens is 395 g/mol. The lowest BCUT2D eigenvalue weighted by Crippen LogP contribution is -2.16. The summed E-state index contributed by atoms with van der Waals surface area (Å²) < 4.78 is 41.6. The summed E-state index contributed by atoms with van der Waals surface area (Å²) in [5.41, 5.74) is 2.63. The second kappa shape index (κ2) is 7.25. The number of amides is 1. The number of fused-ring (bicyclic) bond motifs is 1. The van der Waals surface area contributed by atoms with Crippen molar-refractivity contribution in [3.8, 4) is 5.82 Å². The van der Waals surface area contributed by atoms with E-state index >= 15 is 0 Å². The van der Waals surface area contributed by atoms with E-state index < -0.39 is 12.0 Å². The number of carbonyl (C=O) groups is 1. The fraction of sp³-hybridized carbons (Fsp3) is 0.143. The predicted molar refractivity (Wildman–Crippen MR) is 106 cm³/mol. The normalized spacial score (nSPS) is 11.6. The molecule has 2 aromatic carbocycles. The van der Waals surface area contributed by atoms with Crippen LogP contribution in [0.1, 0.15) is 27.3 Å². The maximum Gasteiger partial charge on any atom is 0.450 e. The molecule has 0 aliphatic heterocycles. The van der Waals surface area contributed by atoms with Crippen molar-refractivity contribution >= 4 is 22.8 Å². The Hall–Kier alpha value is -3.75. The summed E-state index contributed by atoms with van der Waals surface area (Å²) in [4.78, 5) is 24.2. The molecule has 0 atom stereocenters. The first-order valence-corrected chi connectivity index (χ1v) is 8.99. The van der Waals surface area contributed by atoms with Crippen molar-refractivity contribution in [1.29, 1.82) is 0 Å². The van der Waals surface area contributed by atoms with Gasteiger partial charge in [-0.3, -0.25) is 9.36 Å². The van der Waals surface area contributed by atoms with Gasteiger partial charge in [0.1, 0.15) is 0 Å². The zero-order valence-corrected chi connectivity index (χ0v) is 16.0. The molecule has 1 N–H and O–H groups in total. The van der Waals surface area contributed by atoms with Crippen molar-refractivity contribution in [3.05, 3.63) is 77.4 Å². The number of hydrogen-bond acceptors (Lipinski definition) is 4. The SMILES string of the molecule is Cc1cccc(C(=O)Nc2cnc(-n3c(C(F)(F)F)nc4cc(C)ccc43)cn2)c1. The summed E-state index contributed by atoms with van der Waals surface area (Å²) in [6.45, 7) is 3.64. The van der Waals surface area contributed by atoms with Crippen LogP contribution in [-0.2, 0) is 6.18 Å². The second-order valence-electron chi connectivity index (χ2n) is 6.84. The molecule has 2 heterocycles. The van der Waals surface area contributed by atoms with Gasteiger partial charge in [0.05, 0.1) is 23.4 Å². The van der Waals surface area contributed by atoms with Crippen molar-refractivity contribution in [1.82, 2.24) is 19.5 Å². The van der Waals surface area contributed by atoms with Crippen LogP contribution in [0, 0.1) is 13.8 Å². The van der Waals surface area contributed by atoms with E-state index in [1.54, 1.807) is 43.3 Å². The molecule has 152 valence electrons. The molecule has 9 heteroatoms. The molecule has 0 aliphatic carbocycles. The number of hydrogen-bond donors (Lipinski definition) is 1. The molecule has 0 bridgehead atoms. The molecule has 0 fully saturated rings. The van der Waals surface area contributed by atoms with E-state index in [2.05, 4.69) is 20.3 Å². The zero-order chi connectivity index (χ0) is 21.5. The van der Waals surface area contributed by atoms with Gasteiger partial charge >= 0.3 is 6.18 Å². The topological polar surface area (TPSA) is 72.7 Å². The summed E-state index contributed by atoms with van der Waals surface area (Å²) in [5.74, 6) is -1.41. The van der Waals surface area contributed by atoms with Gasteiger partial charge in [0.15, 0.2) is 11.6 Å². The third kappa shape index (κ3) is 3.73. The molecule has 2 aromatic heterocycles. The van der Waals surface area contributed by atoms with Gasteiger partial charge in [0, 0.05) is 5.56 Å².